The second kappa shape index (κ2) is 6.51. The molecule has 0 radical (unpaired) electrons. The van der Waals surface area contributed by atoms with Crippen LogP contribution in [0, 0.1) is 0 Å². The van der Waals surface area contributed by atoms with Gasteiger partial charge in [-0.25, -0.2) is 0 Å². The molecule has 3 nitrogen and oxygen atoms in total. The standard InChI is InChI=1S/C12H16ClNO2/c1-2-11(14-8-7-12(15)16)9-3-5-10(13)6-4-9/h3-6,11,14H,2,7-8H2,1H3,(H,15,16). The number of nitrogens with one attached hydrogen (secondary N) is 1. The normalized spacial score (nSPS) is 12.4. The van der Waals surface area contributed by atoms with Gasteiger partial charge in [-0.2, -0.15) is 0 Å². The summed E-state index contributed by atoms with van der Waals surface area (Å²) in [6.07, 6.45) is 1.06. The van der Waals surface area contributed by atoms with Crippen molar-refractivity contribution in [2.45, 2.75) is 25.8 Å². The lowest BCUT2D eigenvalue weighted by Gasteiger charge is -2.16. The minimum Gasteiger partial charge on any atom is -0.481 e. The fourth-order valence-electron chi connectivity index (χ4n) is 1.55. The number of carboxylic acid groups (broad SMARTS) is 1. The van der Waals surface area contributed by atoms with E-state index in [2.05, 4.69) is 12.2 Å². The second-order valence-electron chi connectivity index (χ2n) is 3.61. The lowest BCUT2D eigenvalue weighted by molar-refractivity contribution is -0.136. The summed E-state index contributed by atoms with van der Waals surface area (Å²) < 4.78 is 0. The van der Waals surface area contributed by atoms with Crippen molar-refractivity contribution in [3.05, 3.63) is 34.9 Å². The lowest BCUT2D eigenvalue weighted by Crippen LogP contribution is -2.23. The summed E-state index contributed by atoms with van der Waals surface area (Å²) in [6.45, 7) is 2.55. The van der Waals surface area contributed by atoms with Gasteiger partial charge in [-0.3, -0.25) is 4.79 Å². The fraction of sp³-hybridized carbons (Fsp3) is 0.417. The van der Waals surface area contributed by atoms with Crippen LogP contribution in [-0.2, 0) is 4.79 Å². The monoisotopic (exact) mass is 241 g/mol. The Morgan fingerprint density at radius 1 is 1.44 bits per heavy atom. The maximum Gasteiger partial charge on any atom is 0.304 e. The van der Waals surface area contributed by atoms with Crippen LogP contribution in [0.4, 0.5) is 0 Å². The molecular weight excluding hydrogens is 226 g/mol. The molecule has 0 aliphatic carbocycles. The molecule has 0 saturated carbocycles. The van der Waals surface area contributed by atoms with Gasteiger partial charge in [-0.05, 0) is 24.1 Å². The summed E-state index contributed by atoms with van der Waals surface area (Å²) in [4.78, 5) is 10.4. The van der Waals surface area contributed by atoms with Crippen molar-refractivity contribution in [1.29, 1.82) is 0 Å². The maximum absolute atomic E-state index is 10.4. The number of hydrogen-bond donors (Lipinski definition) is 2. The molecule has 1 atom stereocenters. The van der Waals surface area contributed by atoms with Gasteiger partial charge >= 0.3 is 5.97 Å². The van der Waals surface area contributed by atoms with Crippen molar-refractivity contribution in [3.8, 4) is 0 Å². The molecule has 0 amide bonds. The van der Waals surface area contributed by atoms with E-state index in [1.54, 1.807) is 0 Å². The predicted molar refractivity (Wildman–Crippen MR) is 64.7 cm³/mol. The number of benzene rings is 1. The molecule has 0 aromatic heterocycles. The van der Waals surface area contributed by atoms with E-state index in [1.807, 2.05) is 24.3 Å². The van der Waals surface area contributed by atoms with Crippen LogP contribution in [0.5, 0.6) is 0 Å². The van der Waals surface area contributed by atoms with Crippen LogP contribution in [0.2, 0.25) is 5.02 Å². The van der Waals surface area contributed by atoms with Crippen LogP contribution in [0.15, 0.2) is 24.3 Å². The third-order valence-electron chi connectivity index (χ3n) is 2.41. The van der Waals surface area contributed by atoms with E-state index in [0.717, 1.165) is 12.0 Å². The Morgan fingerprint density at radius 3 is 2.56 bits per heavy atom. The Balaban J connectivity index is 2.53. The zero-order chi connectivity index (χ0) is 12.0. The van der Waals surface area contributed by atoms with Crippen LogP contribution >= 0.6 is 11.6 Å². The molecule has 0 heterocycles. The molecule has 16 heavy (non-hydrogen) atoms. The van der Waals surface area contributed by atoms with Gasteiger partial charge in [0.25, 0.3) is 0 Å². The van der Waals surface area contributed by atoms with Gasteiger partial charge in [-0.1, -0.05) is 30.7 Å². The molecule has 4 heteroatoms. The first-order valence-electron chi connectivity index (χ1n) is 5.34. The largest absolute Gasteiger partial charge is 0.481 e. The summed E-state index contributed by atoms with van der Waals surface area (Å²) in [6, 6.07) is 7.81. The molecule has 0 saturated heterocycles. The van der Waals surface area contributed by atoms with Crippen LogP contribution in [0.3, 0.4) is 0 Å². The summed E-state index contributed by atoms with van der Waals surface area (Å²) in [5.74, 6) is -0.779. The van der Waals surface area contributed by atoms with Gasteiger partial charge < -0.3 is 10.4 Å². The zero-order valence-corrected chi connectivity index (χ0v) is 10.00. The number of rotatable bonds is 6. The third-order valence-corrected chi connectivity index (χ3v) is 2.66. The number of carboxylic acids is 1. The third kappa shape index (κ3) is 4.21. The number of halogens is 1. The number of hydrogen-bond acceptors (Lipinski definition) is 2. The topological polar surface area (TPSA) is 49.3 Å². The van der Waals surface area contributed by atoms with Gasteiger partial charge in [0, 0.05) is 17.6 Å². The van der Waals surface area contributed by atoms with Crippen molar-refractivity contribution in [2.24, 2.45) is 0 Å². The molecule has 1 aromatic carbocycles. The van der Waals surface area contributed by atoms with E-state index in [1.165, 1.54) is 0 Å². The maximum atomic E-state index is 10.4. The summed E-state index contributed by atoms with van der Waals surface area (Å²) in [5, 5.41) is 12.5. The van der Waals surface area contributed by atoms with E-state index in [0.29, 0.717) is 11.6 Å². The molecule has 0 aliphatic rings. The predicted octanol–water partition coefficient (Wildman–Crippen LogP) is 2.86. The van der Waals surface area contributed by atoms with Gasteiger partial charge in [0.2, 0.25) is 0 Å². The highest BCUT2D eigenvalue weighted by Gasteiger charge is 2.08. The van der Waals surface area contributed by atoms with Crippen LogP contribution in [0.25, 0.3) is 0 Å². The van der Waals surface area contributed by atoms with Crippen molar-refractivity contribution >= 4 is 17.6 Å². The molecule has 0 spiro atoms. The van der Waals surface area contributed by atoms with E-state index in [-0.39, 0.29) is 12.5 Å². The highest BCUT2D eigenvalue weighted by molar-refractivity contribution is 6.30. The first-order valence-corrected chi connectivity index (χ1v) is 5.72. The molecule has 0 aliphatic heterocycles. The summed E-state index contributed by atoms with van der Waals surface area (Å²) >= 11 is 5.81. The van der Waals surface area contributed by atoms with E-state index < -0.39 is 5.97 Å². The molecule has 1 unspecified atom stereocenters. The number of carbonyl (C=O) groups is 1. The fourth-order valence-corrected chi connectivity index (χ4v) is 1.67. The molecule has 88 valence electrons. The van der Waals surface area contributed by atoms with E-state index in [4.69, 9.17) is 16.7 Å². The molecule has 2 N–H and O–H groups in total. The minimum absolute atomic E-state index is 0.143. The molecule has 1 aromatic rings. The first-order chi connectivity index (χ1) is 7.63. The van der Waals surface area contributed by atoms with Crippen molar-refractivity contribution in [2.75, 3.05) is 6.54 Å². The Labute approximate surface area is 100 Å². The molecule has 0 bridgehead atoms. The average molecular weight is 242 g/mol. The smallest absolute Gasteiger partial charge is 0.304 e. The summed E-state index contributed by atoms with van der Waals surface area (Å²) in [5.41, 5.74) is 1.14. The van der Waals surface area contributed by atoms with Crippen molar-refractivity contribution in [3.63, 3.8) is 0 Å². The average Bonchev–Trinajstić information content (AvgIpc) is 2.26. The quantitative estimate of drug-likeness (QED) is 0.805. The zero-order valence-electron chi connectivity index (χ0n) is 9.24. The minimum atomic E-state index is -0.779. The van der Waals surface area contributed by atoms with E-state index in [9.17, 15) is 4.79 Å². The highest BCUT2D eigenvalue weighted by Crippen LogP contribution is 2.18. The van der Waals surface area contributed by atoms with Gasteiger partial charge in [0.05, 0.1) is 6.42 Å². The Hall–Kier alpha value is -1.06. The van der Waals surface area contributed by atoms with Gasteiger partial charge in [-0.15, -0.1) is 0 Å². The highest BCUT2D eigenvalue weighted by atomic mass is 35.5. The molecule has 0 fully saturated rings. The second-order valence-corrected chi connectivity index (χ2v) is 4.05. The van der Waals surface area contributed by atoms with Crippen LogP contribution in [-0.4, -0.2) is 17.6 Å². The summed E-state index contributed by atoms with van der Waals surface area (Å²) in [7, 11) is 0. The molecule has 1 rings (SSSR count). The Morgan fingerprint density at radius 2 is 2.06 bits per heavy atom. The van der Waals surface area contributed by atoms with E-state index >= 15 is 0 Å². The van der Waals surface area contributed by atoms with Crippen LogP contribution < -0.4 is 5.32 Å². The lowest BCUT2D eigenvalue weighted by atomic mass is 10.0. The SMILES string of the molecule is CCC(NCCC(=O)O)c1ccc(Cl)cc1. The molecular formula is C12H16ClNO2. The van der Waals surface area contributed by atoms with Crippen LogP contribution in [0.1, 0.15) is 31.4 Å². The Bertz CT molecular complexity index is 337. The number of aliphatic carboxylic acids is 1. The first kappa shape index (κ1) is 13.0. The van der Waals surface area contributed by atoms with Crippen molar-refractivity contribution in [1.82, 2.24) is 5.32 Å². The van der Waals surface area contributed by atoms with Crippen molar-refractivity contribution < 1.29 is 9.90 Å². The Kier molecular flexibility index (Phi) is 5.29. The van der Waals surface area contributed by atoms with Gasteiger partial charge in [0.1, 0.15) is 0 Å². The van der Waals surface area contributed by atoms with Gasteiger partial charge in [0.15, 0.2) is 0 Å².